The standard InChI is InChI=1S/C16H20ClN5O2S/c1-4-10(2)18-15(24)19-13(23)9-25-16-21-20-14(22(16)3)11-5-7-12(17)8-6-11/h5-8,10H,4,9H2,1-3H3,(H2,18,19,23,24)/t10-/m1/s1. The topological polar surface area (TPSA) is 88.9 Å². The predicted octanol–water partition coefficient (Wildman–Crippen LogP) is 2.85. The van der Waals surface area contributed by atoms with Crippen LogP contribution in [0.25, 0.3) is 11.4 Å². The van der Waals surface area contributed by atoms with Crippen LogP contribution in [0.3, 0.4) is 0 Å². The molecule has 0 fully saturated rings. The number of rotatable bonds is 6. The summed E-state index contributed by atoms with van der Waals surface area (Å²) < 4.78 is 1.79. The monoisotopic (exact) mass is 381 g/mol. The Kier molecular flexibility index (Phi) is 6.83. The largest absolute Gasteiger partial charge is 0.335 e. The van der Waals surface area contributed by atoms with Gasteiger partial charge >= 0.3 is 6.03 Å². The first-order valence-electron chi connectivity index (χ1n) is 7.79. The maximum atomic E-state index is 11.9. The minimum Gasteiger partial charge on any atom is -0.335 e. The lowest BCUT2D eigenvalue weighted by molar-refractivity contribution is -0.117. The van der Waals surface area contributed by atoms with Crippen LogP contribution in [0.2, 0.25) is 5.02 Å². The van der Waals surface area contributed by atoms with Crippen LogP contribution in [0.4, 0.5) is 4.79 Å². The molecule has 0 spiro atoms. The molecule has 0 aliphatic heterocycles. The molecule has 0 aliphatic carbocycles. The van der Waals surface area contributed by atoms with Gasteiger partial charge in [-0.05, 0) is 37.6 Å². The van der Waals surface area contributed by atoms with E-state index in [1.807, 2.05) is 33.0 Å². The zero-order valence-electron chi connectivity index (χ0n) is 14.2. The molecule has 0 aliphatic rings. The van der Waals surface area contributed by atoms with Gasteiger partial charge in [-0.2, -0.15) is 0 Å². The van der Waals surface area contributed by atoms with Gasteiger partial charge in [-0.25, -0.2) is 4.79 Å². The Labute approximate surface area is 155 Å². The second kappa shape index (κ2) is 8.87. The average molecular weight is 382 g/mol. The Morgan fingerprint density at radius 3 is 2.60 bits per heavy atom. The van der Waals surface area contributed by atoms with E-state index in [0.717, 1.165) is 12.0 Å². The number of halogens is 1. The van der Waals surface area contributed by atoms with E-state index in [1.54, 1.807) is 16.7 Å². The molecule has 3 amide bonds. The zero-order chi connectivity index (χ0) is 18.4. The number of nitrogens with one attached hydrogen (secondary N) is 2. The van der Waals surface area contributed by atoms with Crippen LogP contribution in [-0.4, -0.2) is 38.5 Å². The van der Waals surface area contributed by atoms with Crippen molar-refractivity contribution in [3.8, 4) is 11.4 Å². The van der Waals surface area contributed by atoms with E-state index in [1.165, 1.54) is 11.8 Å². The quantitative estimate of drug-likeness (QED) is 0.751. The summed E-state index contributed by atoms with van der Waals surface area (Å²) in [5, 5.41) is 14.4. The second-order valence-corrected chi connectivity index (χ2v) is 6.87. The number of nitrogens with zero attached hydrogens (tertiary/aromatic N) is 3. The van der Waals surface area contributed by atoms with E-state index in [0.29, 0.717) is 16.0 Å². The van der Waals surface area contributed by atoms with Gasteiger partial charge in [-0.15, -0.1) is 10.2 Å². The number of carbonyl (C=O) groups is 2. The molecule has 0 unspecified atom stereocenters. The molecule has 2 aromatic rings. The van der Waals surface area contributed by atoms with E-state index >= 15 is 0 Å². The molecular weight excluding hydrogens is 362 g/mol. The summed E-state index contributed by atoms with van der Waals surface area (Å²) in [5.41, 5.74) is 0.878. The highest BCUT2D eigenvalue weighted by Crippen LogP contribution is 2.23. The van der Waals surface area contributed by atoms with Crippen LogP contribution in [0.15, 0.2) is 29.4 Å². The van der Waals surface area contributed by atoms with Crippen molar-refractivity contribution in [2.45, 2.75) is 31.5 Å². The Balaban J connectivity index is 1.92. The number of urea groups is 1. The van der Waals surface area contributed by atoms with Crippen molar-refractivity contribution in [1.29, 1.82) is 0 Å². The zero-order valence-corrected chi connectivity index (χ0v) is 15.8. The number of imide groups is 1. The van der Waals surface area contributed by atoms with Crippen molar-refractivity contribution in [3.63, 3.8) is 0 Å². The molecular formula is C16H20ClN5O2S. The van der Waals surface area contributed by atoms with Crippen molar-refractivity contribution in [2.24, 2.45) is 7.05 Å². The van der Waals surface area contributed by atoms with Crippen molar-refractivity contribution in [1.82, 2.24) is 25.4 Å². The van der Waals surface area contributed by atoms with Crippen molar-refractivity contribution >= 4 is 35.3 Å². The highest BCUT2D eigenvalue weighted by molar-refractivity contribution is 7.99. The molecule has 1 aromatic carbocycles. The molecule has 0 radical (unpaired) electrons. The molecule has 2 N–H and O–H groups in total. The van der Waals surface area contributed by atoms with E-state index in [4.69, 9.17) is 11.6 Å². The summed E-state index contributed by atoms with van der Waals surface area (Å²) in [4.78, 5) is 23.5. The lowest BCUT2D eigenvalue weighted by Gasteiger charge is -2.11. The van der Waals surface area contributed by atoms with Gasteiger partial charge in [0.25, 0.3) is 0 Å². The Hall–Kier alpha value is -2.06. The number of hydrogen-bond acceptors (Lipinski definition) is 5. The van der Waals surface area contributed by atoms with E-state index < -0.39 is 6.03 Å². The summed E-state index contributed by atoms with van der Waals surface area (Å²) >= 11 is 7.10. The lowest BCUT2D eigenvalue weighted by atomic mass is 10.2. The van der Waals surface area contributed by atoms with Crippen LogP contribution in [0.1, 0.15) is 20.3 Å². The summed E-state index contributed by atoms with van der Waals surface area (Å²) in [6.07, 6.45) is 0.794. The van der Waals surface area contributed by atoms with Crippen LogP contribution < -0.4 is 10.6 Å². The maximum absolute atomic E-state index is 11.9. The fourth-order valence-electron chi connectivity index (χ4n) is 1.95. The van der Waals surface area contributed by atoms with Gasteiger partial charge in [0, 0.05) is 23.7 Å². The normalized spacial score (nSPS) is 11.8. The van der Waals surface area contributed by atoms with Gasteiger partial charge in [-0.1, -0.05) is 30.3 Å². The molecule has 1 atom stereocenters. The third kappa shape index (κ3) is 5.47. The number of amides is 3. The van der Waals surface area contributed by atoms with Gasteiger partial charge in [0.1, 0.15) is 0 Å². The van der Waals surface area contributed by atoms with Gasteiger partial charge in [0.15, 0.2) is 11.0 Å². The smallest absolute Gasteiger partial charge is 0.321 e. The number of aromatic nitrogens is 3. The molecule has 0 bridgehead atoms. The molecule has 0 saturated heterocycles. The summed E-state index contributed by atoms with van der Waals surface area (Å²) in [5.74, 6) is 0.358. The minimum atomic E-state index is -0.486. The number of thioether (sulfide) groups is 1. The lowest BCUT2D eigenvalue weighted by Crippen LogP contribution is -2.43. The molecule has 9 heteroatoms. The fourth-order valence-corrected chi connectivity index (χ4v) is 2.78. The first-order chi connectivity index (χ1) is 11.9. The molecule has 0 saturated carbocycles. The summed E-state index contributed by atoms with van der Waals surface area (Å²) in [6.45, 7) is 3.83. The van der Waals surface area contributed by atoms with E-state index in [9.17, 15) is 9.59 Å². The van der Waals surface area contributed by atoms with Crippen LogP contribution in [0, 0.1) is 0 Å². The third-order valence-electron chi connectivity index (χ3n) is 3.51. The number of hydrogen-bond donors (Lipinski definition) is 2. The van der Waals surface area contributed by atoms with Gasteiger partial charge in [0.2, 0.25) is 5.91 Å². The number of carbonyl (C=O) groups excluding carboxylic acids is 2. The molecule has 7 nitrogen and oxygen atoms in total. The number of benzene rings is 1. The van der Waals surface area contributed by atoms with Crippen LogP contribution in [0.5, 0.6) is 0 Å². The maximum Gasteiger partial charge on any atom is 0.321 e. The van der Waals surface area contributed by atoms with Crippen LogP contribution >= 0.6 is 23.4 Å². The van der Waals surface area contributed by atoms with Gasteiger partial charge < -0.3 is 9.88 Å². The Morgan fingerprint density at radius 2 is 1.96 bits per heavy atom. The van der Waals surface area contributed by atoms with Crippen molar-refractivity contribution in [3.05, 3.63) is 29.3 Å². The SMILES string of the molecule is CC[C@@H](C)NC(=O)NC(=O)CSc1nnc(-c2ccc(Cl)cc2)n1C. The third-order valence-corrected chi connectivity index (χ3v) is 4.78. The van der Waals surface area contributed by atoms with Crippen molar-refractivity contribution < 1.29 is 9.59 Å². The highest BCUT2D eigenvalue weighted by Gasteiger charge is 2.14. The van der Waals surface area contributed by atoms with E-state index in [-0.39, 0.29) is 17.7 Å². The summed E-state index contributed by atoms with van der Waals surface area (Å²) in [6, 6.07) is 6.80. The molecule has 134 valence electrons. The van der Waals surface area contributed by atoms with E-state index in [2.05, 4.69) is 20.8 Å². The Morgan fingerprint density at radius 1 is 1.28 bits per heavy atom. The molecule has 2 rings (SSSR count). The molecule has 1 heterocycles. The highest BCUT2D eigenvalue weighted by atomic mass is 35.5. The Bertz CT molecular complexity index is 747. The first kappa shape index (κ1) is 19.3. The second-order valence-electron chi connectivity index (χ2n) is 5.49. The fraction of sp³-hybridized carbons (Fsp3) is 0.375. The van der Waals surface area contributed by atoms with Crippen molar-refractivity contribution in [2.75, 3.05) is 5.75 Å². The van der Waals surface area contributed by atoms with Crippen LogP contribution in [-0.2, 0) is 11.8 Å². The van der Waals surface area contributed by atoms with Gasteiger partial charge in [-0.3, -0.25) is 10.1 Å². The first-order valence-corrected chi connectivity index (χ1v) is 9.15. The molecule has 25 heavy (non-hydrogen) atoms. The summed E-state index contributed by atoms with van der Waals surface area (Å²) in [7, 11) is 1.82. The minimum absolute atomic E-state index is 0.0149. The molecule has 1 aromatic heterocycles. The van der Waals surface area contributed by atoms with Gasteiger partial charge in [0.05, 0.1) is 5.75 Å². The average Bonchev–Trinajstić information content (AvgIpc) is 2.94. The predicted molar refractivity (Wildman–Crippen MR) is 98.6 cm³/mol.